The Morgan fingerprint density at radius 2 is 1.35 bits per heavy atom. The first-order valence-corrected chi connectivity index (χ1v) is 8.96. The van der Waals surface area contributed by atoms with E-state index in [0.717, 1.165) is 12.8 Å². The largest absolute Gasteiger partial charge is 0.451 e. The summed E-state index contributed by atoms with van der Waals surface area (Å²) in [5, 5.41) is 0. The molecule has 0 spiro atoms. The zero-order valence-electron chi connectivity index (χ0n) is 12.7. The number of hydrogen-bond acceptors (Lipinski definition) is 5. The minimum atomic E-state index is -4.14. The second-order valence-electron chi connectivity index (χ2n) is 4.85. The Bertz CT molecular complexity index is 337. The standard InChI is InChI=1S/C14H28O5S/c1-3-5-6-7-8-9-10-11-12-13-14(15)19-20(16,17)18-4-2/h3-13H2,1-2H3. The number of unbranched alkanes of at least 4 members (excludes halogenated alkanes) is 8. The van der Waals surface area contributed by atoms with E-state index < -0.39 is 16.4 Å². The van der Waals surface area contributed by atoms with E-state index in [-0.39, 0.29) is 13.0 Å². The van der Waals surface area contributed by atoms with Gasteiger partial charge >= 0.3 is 16.4 Å². The highest BCUT2D eigenvalue weighted by atomic mass is 32.3. The normalized spacial score (nSPS) is 11.5. The monoisotopic (exact) mass is 308 g/mol. The van der Waals surface area contributed by atoms with Crippen molar-refractivity contribution in [3.63, 3.8) is 0 Å². The molecule has 0 aromatic heterocycles. The van der Waals surface area contributed by atoms with Crippen molar-refractivity contribution < 1.29 is 21.6 Å². The van der Waals surface area contributed by atoms with E-state index in [4.69, 9.17) is 0 Å². The summed E-state index contributed by atoms with van der Waals surface area (Å²) < 4.78 is 30.7. The van der Waals surface area contributed by atoms with Gasteiger partial charge in [0.2, 0.25) is 0 Å². The molecule has 0 atom stereocenters. The van der Waals surface area contributed by atoms with Gasteiger partial charge in [0, 0.05) is 6.42 Å². The fraction of sp³-hybridized carbons (Fsp3) is 0.929. The molecule has 0 aliphatic heterocycles. The van der Waals surface area contributed by atoms with E-state index in [9.17, 15) is 13.2 Å². The van der Waals surface area contributed by atoms with E-state index >= 15 is 0 Å². The van der Waals surface area contributed by atoms with E-state index in [2.05, 4.69) is 15.3 Å². The average Bonchev–Trinajstić information content (AvgIpc) is 2.36. The molecule has 0 saturated heterocycles. The van der Waals surface area contributed by atoms with Crippen LogP contribution in [0.25, 0.3) is 0 Å². The molecule has 0 aliphatic carbocycles. The van der Waals surface area contributed by atoms with Crippen molar-refractivity contribution in [2.45, 2.75) is 78.1 Å². The van der Waals surface area contributed by atoms with Crippen molar-refractivity contribution in [1.82, 2.24) is 0 Å². The van der Waals surface area contributed by atoms with Crippen LogP contribution in [0.3, 0.4) is 0 Å². The molecule has 0 bridgehead atoms. The summed E-state index contributed by atoms with van der Waals surface area (Å²) >= 11 is 0. The van der Waals surface area contributed by atoms with Gasteiger partial charge in [0.15, 0.2) is 0 Å². The second-order valence-corrected chi connectivity index (χ2v) is 6.07. The lowest BCUT2D eigenvalue weighted by Crippen LogP contribution is -2.15. The van der Waals surface area contributed by atoms with Gasteiger partial charge in [-0.15, -0.1) is 0 Å². The molecule has 0 saturated carbocycles. The lowest BCUT2D eigenvalue weighted by atomic mass is 10.1. The van der Waals surface area contributed by atoms with E-state index in [1.807, 2.05) is 0 Å². The van der Waals surface area contributed by atoms with Gasteiger partial charge in [-0.2, -0.15) is 8.42 Å². The van der Waals surface area contributed by atoms with E-state index in [0.29, 0.717) is 6.42 Å². The molecule has 120 valence electrons. The number of carbonyl (C=O) groups is 1. The molecule has 0 amide bonds. The SMILES string of the molecule is CCCCCCCCCCCC(=O)OS(=O)(=O)OCC. The van der Waals surface area contributed by atoms with Gasteiger partial charge in [-0.1, -0.05) is 58.3 Å². The van der Waals surface area contributed by atoms with Crippen molar-refractivity contribution in [3.05, 3.63) is 0 Å². The molecule has 0 fully saturated rings. The molecular weight excluding hydrogens is 280 g/mol. The van der Waals surface area contributed by atoms with Gasteiger partial charge in [0.25, 0.3) is 0 Å². The predicted octanol–water partition coefficient (Wildman–Crippen LogP) is 3.73. The lowest BCUT2D eigenvalue weighted by molar-refractivity contribution is -0.134. The minimum Gasteiger partial charge on any atom is -0.325 e. The third-order valence-electron chi connectivity index (χ3n) is 2.94. The lowest BCUT2D eigenvalue weighted by Gasteiger charge is -2.04. The van der Waals surface area contributed by atoms with Crippen LogP contribution in [0.5, 0.6) is 0 Å². The summed E-state index contributed by atoms with van der Waals surface area (Å²) in [7, 11) is -4.14. The summed E-state index contributed by atoms with van der Waals surface area (Å²) in [6, 6.07) is 0. The molecule has 0 unspecified atom stereocenters. The van der Waals surface area contributed by atoms with Crippen LogP contribution in [0.4, 0.5) is 0 Å². The molecule has 6 heteroatoms. The van der Waals surface area contributed by atoms with Crippen molar-refractivity contribution in [2.24, 2.45) is 0 Å². The summed E-state index contributed by atoms with van der Waals surface area (Å²) in [6.45, 7) is 3.68. The minimum absolute atomic E-state index is 0.0341. The summed E-state index contributed by atoms with van der Waals surface area (Å²) in [5.41, 5.74) is 0. The molecule has 5 nitrogen and oxygen atoms in total. The van der Waals surface area contributed by atoms with Crippen LogP contribution < -0.4 is 0 Å². The zero-order chi connectivity index (χ0) is 15.3. The van der Waals surface area contributed by atoms with Gasteiger partial charge < -0.3 is 4.18 Å². The van der Waals surface area contributed by atoms with Gasteiger partial charge in [-0.25, -0.2) is 4.18 Å². The Hall–Kier alpha value is -0.620. The zero-order valence-corrected chi connectivity index (χ0v) is 13.5. The first-order valence-electron chi connectivity index (χ1n) is 7.63. The van der Waals surface area contributed by atoms with Crippen LogP contribution in [0.15, 0.2) is 0 Å². The highest BCUT2D eigenvalue weighted by Crippen LogP contribution is 2.11. The van der Waals surface area contributed by atoms with Crippen LogP contribution in [0, 0.1) is 0 Å². The summed E-state index contributed by atoms with van der Waals surface area (Å²) in [4.78, 5) is 11.3. The van der Waals surface area contributed by atoms with Crippen LogP contribution in [-0.2, 0) is 23.6 Å². The number of carbonyl (C=O) groups excluding carboxylic acids is 1. The summed E-state index contributed by atoms with van der Waals surface area (Å²) in [6.07, 6.45) is 10.4. The van der Waals surface area contributed by atoms with Crippen LogP contribution >= 0.6 is 0 Å². The maximum Gasteiger partial charge on any atom is 0.451 e. The van der Waals surface area contributed by atoms with Crippen LogP contribution in [0.2, 0.25) is 0 Å². The third-order valence-corrected chi connectivity index (χ3v) is 3.86. The van der Waals surface area contributed by atoms with Gasteiger partial charge in [0.1, 0.15) is 0 Å². The van der Waals surface area contributed by atoms with Crippen molar-refractivity contribution >= 4 is 16.4 Å². The van der Waals surface area contributed by atoms with Crippen LogP contribution in [-0.4, -0.2) is 21.0 Å². The second kappa shape index (κ2) is 12.1. The fourth-order valence-electron chi connectivity index (χ4n) is 1.90. The third kappa shape index (κ3) is 12.4. The van der Waals surface area contributed by atoms with Gasteiger partial charge in [-0.3, -0.25) is 4.79 Å². The molecule has 0 aromatic carbocycles. The average molecular weight is 308 g/mol. The predicted molar refractivity (Wildman–Crippen MR) is 78.5 cm³/mol. The van der Waals surface area contributed by atoms with E-state index in [1.54, 1.807) is 0 Å². The Labute approximate surface area is 123 Å². The maximum atomic E-state index is 11.3. The topological polar surface area (TPSA) is 69.7 Å². The van der Waals surface area contributed by atoms with Crippen LogP contribution in [0.1, 0.15) is 78.1 Å². The highest BCUT2D eigenvalue weighted by molar-refractivity contribution is 7.82. The first-order chi connectivity index (χ1) is 9.52. The molecule has 0 N–H and O–H groups in total. The fourth-order valence-corrected chi connectivity index (χ4v) is 2.55. The quantitative estimate of drug-likeness (QED) is 0.485. The number of hydrogen-bond donors (Lipinski definition) is 0. The van der Waals surface area contributed by atoms with E-state index in [1.165, 1.54) is 45.4 Å². The Morgan fingerprint density at radius 1 is 0.850 bits per heavy atom. The van der Waals surface area contributed by atoms with Crippen molar-refractivity contribution in [3.8, 4) is 0 Å². The summed E-state index contributed by atoms with van der Waals surface area (Å²) in [5.74, 6) is -0.735. The molecule has 0 aromatic rings. The number of rotatable bonds is 13. The molecule has 0 rings (SSSR count). The van der Waals surface area contributed by atoms with Gasteiger partial charge in [-0.05, 0) is 13.3 Å². The Balaban J connectivity index is 3.44. The van der Waals surface area contributed by atoms with Crippen molar-refractivity contribution in [1.29, 1.82) is 0 Å². The molecule has 0 radical (unpaired) electrons. The van der Waals surface area contributed by atoms with Gasteiger partial charge in [0.05, 0.1) is 6.61 Å². The highest BCUT2D eigenvalue weighted by Gasteiger charge is 2.16. The Kier molecular flexibility index (Phi) is 11.8. The first kappa shape index (κ1) is 19.4. The molecule has 20 heavy (non-hydrogen) atoms. The van der Waals surface area contributed by atoms with Crippen molar-refractivity contribution in [2.75, 3.05) is 6.61 Å². The molecular formula is C14H28O5S. The molecule has 0 aliphatic rings. The maximum absolute atomic E-state index is 11.3. The smallest absolute Gasteiger partial charge is 0.325 e. The Morgan fingerprint density at radius 3 is 1.85 bits per heavy atom. The molecule has 0 heterocycles.